The Labute approximate surface area is 252 Å². The van der Waals surface area contributed by atoms with Gasteiger partial charge < -0.3 is 24.1 Å². The maximum Gasteiger partial charge on any atom is 0.494 e. The first-order valence-electron chi connectivity index (χ1n) is 16.6. The highest BCUT2D eigenvalue weighted by molar-refractivity contribution is 6.62. The van der Waals surface area contributed by atoms with Gasteiger partial charge in [-0.1, -0.05) is 38.8 Å². The molecule has 1 spiro atoms. The zero-order valence-electron chi connectivity index (χ0n) is 26.7. The zero-order chi connectivity index (χ0) is 29.7. The van der Waals surface area contributed by atoms with Crippen molar-refractivity contribution in [1.82, 2.24) is 4.90 Å². The van der Waals surface area contributed by atoms with Crippen molar-refractivity contribution in [3.05, 3.63) is 23.8 Å². The molecular formula is C34H51BN2O5. The van der Waals surface area contributed by atoms with Gasteiger partial charge in [0.2, 0.25) is 5.91 Å². The summed E-state index contributed by atoms with van der Waals surface area (Å²) in [5.41, 5.74) is 2.01. The van der Waals surface area contributed by atoms with Crippen molar-refractivity contribution in [2.75, 3.05) is 31.2 Å². The van der Waals surface area contributed by atoms with Crippen LogP contribution in [0.25, 0.3) is 0 Å². The van der Waals surface area contributed by atoms with Gasteiger partial charge in [-0.2, -0.15) is 0 Å². The average Bonchev–Trinajstić information content (AvgIpc) is 3.16. The Morgan fingerprint density at radius 2 is 1.55 bits per heavy atom. The van der Waals surface area contributed by atoms with E-state index >= 15 is 0 Å². The summed E-state index contributed by atoms with van der Waals surface area (Å²) >= 11 is 0. The lowest BCUT2D eigenvalue weighted by molar-refractivity contribution is -0.128. The van der Waals surface area contributed by atoms with Crippen LogP contribution in [-0.2, 0) is 24.3 Å². The van der Waals surface area contributed by atoms with Gasteiger partial charge in [-0.05, 0) is 114 Å². The smallest absolute Gasteiger partial charge is 0.399 e. The molecule has 0 radical (unpaired) electrons. The van der Waals surface area contributed by atoms with Crippen molar-refractivity contribution in [1.29, 1.82) is 0 Å². The second kappa shape index (κ2) is 10.0. The number of nitrogens with zero attached hydrogens (tertiary/aromatic N) is 2. The summed E-state index contributed by atoms with van der Waals surface area (Å²) < 4.78 is 18.3. The largest absolute Gasteiger partial charge is 0.494 e. The van der Waals surface area contributed by atoms with E-state index in [2.05, 4.69) is 69.5 Å². The van der Waals surface area contributed by atoms with Gasteiger partial charge in [0.05, 0.1) is 42.0 Å². The van der Waals surface area contributed by atoms with Gasteiger partial charge in [-0.15, -0.1) is 0 Å². The van der Waals surface area contributed by atoms with Gasteiger partial charge in [0.15, 0.2) is 0 Å². The molecule has 0 bridgehead atoms. The van der Waals surface area contributed by atoms with Crippen molar-refractivity contribution in [3.8, 4) is 0 Å². The highest BCUT2D eigenvalue weighted by atomic mass is 16.7. The van der Waals surface area contributed by atoms with Crippen molar-refractivity contribution in [2.45, 2.75) is 128 Å². The minimum atomic E-state index is -0.446. The second-order valence-electron chi connectivity index (χ2n) is 16.1. The van der Waals surface area contributed by atoms with Crippen molar-refractivity contribution in [2.24, 2.45) is 17.3 Å². The molecule has 1 amide bonds. The normalized spacial score (nSPS) is 35.5. The number of amides is 1. The van der Waals surface area contributed by atoms with Gasteiger partial charge >= 0.3 is 7.12 Å². The van der Waals surface area contributed by atoms with E-state index < -0.39 is 23.7 Å². The molecule has 7 nitrogen and oxygen atoms in total. The van der Waals surface area contributed by atoms with Crippen LogP contribution in [0, 0.1) is 17.3 Å². The summed E-state index contributed by atoms with van der Waals surface area (Å²) in [7, 11) is -0.445. The molecule has 8 heteroatoms. The SMILES string of the molecule is CC1(C)CCCC(C2CC(N3C(=O)C4(CCN(C5COC5)CC4)c4ccc(B5OC(C)(C)C(C)(C)O5)cc43)C2)C[C@H]1O. The van der Waals surface area contributed by atoms with E-state index in [4.69, 9.17) is 14.0 Å². The summed E-state index contributed by atoms with van der Waals surface area (Å²) in [5.74, 6) is 1.44. The van der Waals surface area contributed by atoms with Crippen LogP contribution in [0.5, 0.6) is 0 Å². The van der Waals surface area contributed by atoms with E-state index in [9.17, 15) is 9.90 Å². The third-order valence-corrected chi connectivity index (χ3v) is 12.7. The van der Waals surface area contributed by atoms with Gasteiger partial charge in [-0.25, -0.2) is 0 Å². The van der Waals surface area contributed by atoms with Crippen LogP contribution in [0.2, 0.25) is 0 Å². The fraction of sp³-hybridized carbons (Fsp3) is 0.794. The molecule has 4 aliphatic heterocycles. The minimum Gasteiger partial charge on any atom is -0.399 e. The molecule has 2 saturated carbocycles. The van der Waals surface area contributed by atoms with Gasteiger partial charge in [-0.3, -0.25) is 9.69 Å². The fourth-order valence-corrected chi connectivity index (χ4v) is 8.65. The molecule has 3 saturated heterocycles. The molecule has 4 heterocycles. The van der Waals surface area contributed by atoms with E-state index in [0.717, 1.165) is 76.0 Å². The number of aliphatic hydroxyl groups excluding tert-OH is 1. The molecular weight excluding hydrogens is 527 g/mol. The zero-order valence-corrected chi connectivity index (χ0v) is 26.7. The van der Waals surface area contributed by atoms with Crippen LogP contribution in [0.15, 0.2) is 18.2 Å². The van der Waals surface area contributed by atoms with Crippen molar-refractivity contribution in [3.63, 3.8) is 0 Å². The molecule has 6 aliphatic rings. The van der Waals surface area contributed by atoms with Crippen LogP contribution < -0.4 is 10.4 Å². The first-order valence-corrected chi connectivity index (χ1v) is 16.6. The molecule has 1 aromatic carbocycles. The number of ether oxygens (including phenoxy) is 1. The monoisotopic (exact) mass is 578 g/mol. The third kappa shape index (κ3) is 4.53. The number of carbonyl (C=O) groups excluding carboxylic acids is 1. The molecule has 1 N–H and O–H groups in total. The molecule has 2 atom stereocenters. The average molecular weight is 579 g/mol. The molecule has 1 aromatic rings. The van der Waals surface area contributed by atoms with Crippen LogP contribution in [0.4, 0.5) is 5.69 Å². The Bertz CT molecular complexity index is 1200. The summed E-state index contributed by atoms with van der Waals surface area (Å²) in [6.07, 6.45) is 7.91. The van der Waals surface area contributed by atoms with Crippen LogP contribution in [-0.4, -0.2) is 78.7 Å². The molecule has 1 unspecified atom stereocenters. The highest BCUT2D eigenvalue weighted by Crippen LogP contribution is 2.53. The van der Waals surface area contributed by atoms with Crippen molar-refractivity contribution >= 4 is 24.2 Å². The molecule has 7 rings (SSSR count). The van der Waals surface area contributed by atoms with E-state index in [0.29, 0.717) is 23.8 Å². The lowest BCUT2D eigenvalue weighted by Crippen LogP contribution is -2.57. The Morgan fingerprint density at radius 3 is 2.17 bits per heavy atom. The summed E-state index contributed by atoms with van der Waals surface area (Å²) in [6, 6.07) is 7.30. The lowest BCUT2D eigenvalue weighted by Gasteiger charge is -2.47. The Balaban J connectivity index is 1.15. The topological polar surface area (TPSA) is 71.5 Å². The molecule has 2 aliphatic carbocycles. The number of hydrogen-bond donors (Lipinski definition) is 1. The van der Waals surface area contributed by atoms with Gasteiger partial charge in [0, 0.05) is 11.7 Å². The molecule has 0 aromatic heterocycles. The lowest BCUT2D eigenvalue weighted by atomic mass is 9.68. The van der Waals surface area contributed by atoms with E-state index in [1.54, 1.807) is 0 Å². The van der Waals surface area contributed by atoms with Gasteiger partial charge in [0.1, 0.15) is 0 Å². The standard InChI is InChI=1S/C34H51BN2O5/c1-31(2)11-7-8-22(18-29(31)38)23-16-25(17-23)37-28-19-24(35-41-32(3,4)33(5,6)42-35)9-10-27(28)34(30(37)39)12-14-36(15-13-34)26-20-40-21-26/h9-10,19,22-23,25-26,29,38H,7-8,11-18,20-21H2,1-6H3/t22?,23?,25?,29-/m1/s1. The van der Waals surface area contributed by atoms with E-state index in [1.165, 1.54) is 18.4 Å². The van der Waals surface area contributed by atoms with Gasteiger partial charge in [0.25, 0.3) is 0 Å². The second-order valence-corrected chi connectivity index (χ2v) is 16.1. The third-order valence-electron chi connectivity index (χ3n) is 12.7. The number of rotatable bonds is 4. The number of likely N-dealkylation sites (tertiary alicyclic amines) is 1. The van der Waals surface area contributed by atoms with Crippen LogP contribution >= 0.6 is 0 Å². The number of carbonyl (C=O) groups is 1. The Kier molecular flexibility index (Phi) is 6.99. The maximum absolute atomic E-state index is 14.6. The number of fused-ring (bicyclic) bond motifs is 2. The van der Waals surface area contributed by atoms with Crippen molar-refractivity contribution < 1.29 is 23.9 Å². The summed E-state index contributed by atoms with van der Waals surface area (Å²) in [4.78, 5) is 19.4. The number of piperidine rings is 1. The minimum absolute atomic E-state index is 0.00146. The summed E-state index contributed by atoms with van der Waals surface area (Å²) in [6.45, 7) is 16.3. The first-order chi connectivity index (χ1) is 19.8. The number of anilines is 1. The predicted octanol–water partition coefficient (Wildman–Crippen LogP) is 4.42. The maximum atomic E-state index is 14.6. The number of aliphatic hydroxyl groups is 1. The quantitative estimate of drug-likeness (QED) is 0.422. The first kappa shape index (κ1) is 29.3. The summed E-state index contributed by atoms with van der Waals surface area (Å²) in [5, 5.41) is 11.0. The highest BCUT2D eigenvalue weighted by Gasteiger charge is 2.57. The number of benzene rings is 1. The molecule has 42 heavy (non-hydrogen) atoms. The van der Waals surface area contributed by atoms with E-state index in [-0.39, 0.29) is 17.6 Å². The Morgan fingerprint density at radius 1 is 0.881 bits per heavy atom. The van der Waals surface area contributed by atoms with Crippen LogP contribution in [0.1, 0.15) is 98.5 Å². The van der Waals surface area contributed by atoms with E-state index in [1.807, 2.05) is 0 Å². The molecule has 5 fully saturated rings. The number of hydrogen-bond acceptors (Lipinski definition) is 6. The Hall–Kier alpha value is -1.45. The molecule has 230 valence electrons. The van der Waals surface area contributed by atoms with Crippen LogP contribution in [0.3, 0.4) is 0 Å². The fourth-order valence-electron chi connectivity index (χ4n) is 8.65. The predicted molar refractivity (Wildman–Crippen MR) is 165 cm³/mol.